The van der Waals surface area contributed by atoms with Crippen molar-refractivity contribution in [1.29, 1.82) is 0 Å². The lowest BCUT2D eigenvalue weighted by Crippen LogP contribution is -2.14. The van der Waals surface area contributed by atoms with Gasteiger partial charge in [-0.2, -0.15) is 4.99 Å². The molecule has 4 heteroatoms. The lowest BCUT2D eigenvalue weighted by Gasteiger charge is -2.10. The molecule has 0 heterocycles. The zero-order chi connectivity index (χ0) is 13.6. The molecule has 0 fully saturated rings. The van der Waals surface area contributed by atoms with Crippen LogP contribution in [0.2, 0.25) is 0 Å². The lowest BCUT2D eigenvalue weighted by atomic mass is 10.1. The quantitative estimate of drug-likeness (QED) is 0.186. The summed E-state index contributed by atoms with van der Waals surface area (Å²) in [5.74, 6) is -0.554. The summed E-state index contributed by atoms with van der Waals surface area (Å²) in [7, 11) is 0. The highest BCUT2D eigenvalue weighted by atomic mass is 16.6. The molecular formula is C14H23NO3. The fourth-order valence-electron chi connectivity index (χ4n) is 1.67. The number of carbonyl (C=O) groups is 1. The van der Waals surface area contributed by atoms with Crippen molar-refractivity contribution in [1.82, 2.24) is 0 Å². The van der Waals surface area contributed by atoms with Crippen molar-refractivity contribution in [3.05, 3.63) is 12.7 Å². The first-order valence-electron chi connectivity index (χ1n) is 6.64. The van der Waals surface area contributed by atoms with E-state index in [-0.39, 0.29) is 0 Å². The third kappa shape index (κ3) is 9.79. The summed E-state index contributed by atoms with van der Waals surface area (Å²) >= 11 is 0. The van der Waals surface area contributed by atoms with E-state index in [0.29, 0.717) is 6.42 Å². The molecule has 0 aromatic carbocycles. The number of carbonyl (C=O) groups excluding carboxylic acids is 2. The van der Waals surface area contributed by atoms with Crippen molar-refractivity contribution in [2.45, 2.75) is 64.5 Å². The van der Waals surface area contributed by atoms with E-state index in [2.05, 4.69) is 18.5 Å². The van der Waals surface area contributed by atoms with Crippen molar-refractivity contribution in [2.75, 3.05) is 0 Å². The molecule has 18 heavy (non-hydrogen) atoms. The number of rotatable bonds is 11. The number of hydrogen-bond donors (Lipinski definition) is 0. The van der Waals surface area contributed by atoms with Crippen molar-refractivity contribution >= 4 is 12.0 Å². The van der Waals surface area contributed by atoms with Gasteiger partial charge in [-0.1, -0.05) is 52.0 Å². The molecule has 102 valence electrons. The zero-order valence-corrected chi connectivity index (χ0v) is 11.2. The highest BCUT2D eigenvalue weighted by Gasteiger charge is 2.10. The van der Waals surface area contributed by atoms with E-state index >= 15 is 0 Å². The molecule has 1 atom stereocenters. The standard InChI is InChI=1S/C14H23NO3/c1-3-5-6-7-8-9-10-11-13(15-12-16)18-14(17)4-2/h4,13H,2-3,5-11H2,1H3. The summed E-state index contributed by atoms with van der Waals surface area (Å²) in [5, 5.41) is 0. The van der Waals surface area contributed by atoms with Gasteiger partial charge in [-0.05, 0) is 6.42 Å². The molecule has 0 saturated carbocycles. The van der Waals surface area contributed by atoms with Crippen LogP contribution in [-0.4, -0.2) is 18.3 Å². The van der Waals surface area contributed by atoms with E-state index in [4.69, 9.17) is 4.74 Å². The van der Waals surface area contributed by atoms with Gasteiger partial charge in [0.2, 0.25) is 12.3 Å². The number of esters is 1. The maximum atomic E-state index is 11.0. The smallest absolute Gasteiger partial charge is 0.332 e. The van der Waals surface area contributed by atoms with Gasteiger partial charge in [-0.15, -0.1) is 0 Å². The first-order chi connectivity index (χ1) is 8.74. The SMILES string of the molecule is C=CC(=O)OC(CCCCCCCCC)N=C=O. The minimum absolute atomic E-state index is 0.554. The Bertz CT molecular complexity index is 283. The van der Waals surface area contributed by atoms with Crippen LogP contribution in [0.15, 0.2) is 17.6 Å². The maximum Gasteiger partial charge on any atom is 0.332 e. The normalized spacial score (nSPS) is 11.4. The van der Waals surface area contributed by atoms with Gasteiger partial charge in [0.1, 0.15) is 0 Å². The summed E-state index contributed by atoms with van der Waals surface area (Å²) in [6, 6.07) is 0. The van der Waals surface area contributed by atoms with Gasteiger partial charge in [0.05, 0.1) is 0 Å². The maximum absolute atomic E-state index is 11.0. The molecule has 0 aliphatic carbocycles. The molecule has 0 amide bonds. The molecular weight excluding hydrogens is 230 g/mol. The summed E-state index contributed by atoms with van der Waals surface area (Å²) in [5.41, 5.74) is 0. The Morgan fingerprint density at radius 3 is 2.44 bits per heavy atom. The van der Waals surface area contributed by atoms with E-state index in [1.165, 1.54) is 38.2 Å². The van der Waals surface area contributed by atoms with Gasteiger partial charge in [0.25, 0.3) is 0 Å². The Hall–Kier alpha value is -1.41. The monoisotopic (exact) mass is 253 g/mol. The van der Waals surface area contributed by atoms with Crippen LogP contribution in [0.5, 0.6) is 0 Å². The Labute approximate surface area is 109 Å². The van der Waals surface area contributed by atoms with Gasteiger partial charge >= 0.3 is 5.97 Å². The minimum atomic E-state index is -0.705. The van der Waals surface area contributed by atoms with E-state index < -0.39 is 12.2 Å². The number of aliphatic imine (C=N–C) groups is 1. The van der Waals surface area contributed by atoms with Crippen LogP contribution in [-0.2, 0) is 14.3 Å². The van der Waals surface area contributed by atoms with E-state index in [9.17, 15) is 9.59 Å². The van der Waals surface area contributed by atoms with E-state index in [1.807, 2.05) is 0 Å². The topological polar surface area (TPSA) is 55.7 Å². The number of isocyanates is 1. The summed E-state index contributed by atoms with van der Waals surface area (Å²) in [6.45, 7) is 5.49. The summed E-state index contributed by atoms with van der Waals surface area (Å²) in [6.07, 6.45) is 10.5. The van der Waals surface area contributed by atoms with Gasteiger partial charge < -0.3 is 4.74 Å². The first kappa shape index (κ1) is 16.6. The van der Waals surface area contributed by atoms with Crippen LogP contribution in [0.4, 0.5) is 0 Å². The fourth-order valence-corrected chi connectivity index (χ4v) is 1.67. The van der Waals surface area contributed by atoms with Gasteiger partial charge in [-0.3, -0.25) is 0 Å². The molecule has 0 N–H and O–H groups in total. The molecule has 0 aromatic rings. The number of unbranched alkanes of at least 4 members (excludes halogenated alkanes) is 6. The van der Waals surface area contributed by atoms with Crippen LogP contribution in [0, 0.1) is 0 Å². The largest absolute Gasteiger partial charge is 0.436 e. The second kappa shape index (κ2) is 12.1. The van der Waals surface area contributed by atoms with Gasteiger partial charge in [-0.25, -0.2) is 9.59 Å². The average Bonchev–Trinajstić information content (AvgIpc) is 2.37. The molecule has 0 aromatic heterocycles. The average molecular weight is 253 g/mol. The number of nitrogens with zero attached hydrogens (tertiary/aromatic N) is 1. The lowest BCUT2D eigenvalue weighted by molar-refractivity contribution is -0.142. The second-order valence-electron chi connectivity index (χ2n) is 4.23. The number of ether oxygens (including phenoxy) is 1. The van der Waals surface area contributed by atoms with Gasteiger partial charge in [0.15, 0.2) is 0 Å². The summed E-state index contributed by atoms with van der Waals surface area (Å²) in [4.78, 5) is 24.6. The number of hydrogen-bond acceptors (Lipinski definition) is 4. The van der Waals surface area contributed by atoms with Gasteiger partial charge in [0, 0.05) is 12.5 Å². The molecule has 0 aliphatic heterocycles. The van der Waals surface area contributed by atoms with Crippen LogP contribution < -0.4 is 0 Å². The van der Waals surface area contributed by atoms with Crippen molar-refractivity contribution in [3.8, 4) is 0 Å². The predicted octanol–water partition coefficient (Wildman–Crippen LogP) is 3.52. The molecule has 0 radical (unpaired) electrons. The van der Waals surface area contributed by atoms with Crippen LogP contribution in [0.1, 0.15) is 58.3 Å². The van der Waals surface area contributed by atoms with Crippen molar-refractivity contribution in [2.24, 2.45) is 4.99 Å². The second-order valence-corrected chi connectivity index (χ2v) is 4.23. The molecule has 0 aliphatic rings. The Morgan fingerprint density at radius 2 is 1.89 bits per heavy atom. The van der Waals surface area contributed by atoms with Crippen molar-refractivity contribution in [3.63, 3.8) is 0 Å². The fraction of sp³-hybridized carbons (Fsp3) is 0.714. The third-order valence-corrected chi connectivity index (χ3v) is 2.67. The Balaban J connectivity index is 3.67. The Kier molecular flexibility index (Phi) is 11.1. The van der Waals surface area contributed by atoms with E-state index in [0.717, 1.165) is 18.9 Å². The molecule has 4 nitrogen and oxygen atoms in total. The highest BCUT2D eigenvalue weighted by molar-refractivity contribution is 5.81. The molecule has 1 unspecified atom stereocenters. The summed E-state index contributed by atoms with van der Waals surface area (Å²) < 4.78 is 4.90. The third-order valence-electron chi connectivity index (χ3n) is 2.67. The van der Waals surface area contributed by atoms with E-state index in [1.54, 1.807) is 0 Å². The Morgan fingerprint density at radius 1 is 1.28 bits per heavy atom. The van der Waals surface area contributed by atoms with Crippen LogP contribution in [0.3, 0.4) is 0 Å². The molecule has 0 bridgehead atoms. The van der Waals surface area contributed by atoms with Crippen molar-refractivity contribution < 1.29 is 14.3 Å². The predicted molar refractivity (Wildman–Crippen MR) is 70.8 cm³/mol. The molecule has 0 rings (SSSR count). The van der Waals surface area contributed by atoms with Crippen LogP contribution in [0.25, 0.3) is 0 Å². The molecule has 0 spiro atoms. The first-order valence-corrected chi connectivity index (χ1v) is 6.64. The minimum Gasteiger partial charge on any atom is -0.436 e. The zero-order valence-electron chi connectivity index (χ0n) is 11.2. The molecule has 0 saturated heterocycles. The van der Waals surface area contributed by atoms with Crippen LogP contribution >= 0.6 is 0 Å². The highest BCUT2D eigenvalue weighted by Crippen LogP contribution is 2.11.